The quantitative estimate of drug-likeness (QED) is 0.803. The predicted octanol–water partition coefficient (Wildman–Crippen LogP) is 2.62. The number of rotatable bonds is 5. The van der Waals surface area contributed by atoms with E-state index < -0.39 is 6.10 Å². The Morgan fingerprint density at radius 2 is 1.62 bits per heavy atom. The average Bonchev–Trinajstić information content (AvgIpc) is 2.36. The van der Waals surface area contributed by atoms with E-state index in [2.05, 4.69) is 38.1 Å². The molecule has 0 amide bonds. The minimum Gasteiger partial charge on any atom is -0.391 e. The summed E-state index contributed by atoms with van der Waals surface area (Å²) in [6.45, 7) is 6.75. The van der Waals surface area contributed by atoms with Crippen LogP contribution in [0.5, 0.6) is 0 Å². The normalized spacial score (nSPS) is 16.8. The van der Waals surface area contributed by atoms with E-state index in [0.717, 1.165) is 12.0 Å². The summed E-state index contributed by atoms with van der Waals surface area (Å²) in [5.41, 5.74) is 7.98. The van der Waals surface area contributed by atoms with Gasteiger partial charge in [-0.05, 0) is 23.5 Å². The Morgan fingerprint density at radius 1 is 1.12 bits per heavy atom. The number of hydrogen-bond acceptors (Lipinski definition) is 2. The van der Waals surface area contributed by atoms with Gasteiger partial charge >= 0.3 is 0 Å². The van der Waals surface area contributed by atoms with Gasteiger partial charge in [0.15, 0.2) is 0 Å². The topological polar surface area (TPSA) is 46.2 Å². The lowest BCUT2D eigenvalue weighted by Gasteiger charge is -2.18. The maximum absolute atomic E-state index is 9.68. The van der Waals surface area contributed by atoms with Crippen molar-refractivity contribution in [2.75, 3.05) is 6.54 Å². The summed E-state index contributed by atoms with van der Waals surface area (Å²) in [5.74, 6) is 0.708. The van der Waals surface area contributed by atoms with Crippen LogP contribution >= 0.6 is 0 Å². The maximum atomic E-state index is 9.68. The number of aliphatic hydroxyl groups excluding tert-OH is 1. The Bertz CT molecular complexity index is 307. The van der Waals surface area contributed by atoms with E-state index in [1.807, 2.05) is 6.92 Å². The standard InChI is InChI=1S/C14H23NO/c1-4-10(2)12-5-7-13(8-6-12)11(3)14(16)9-15/h5-8,10-11,14,16H,4,9,15H2,1-3H3. The van der Waals surface area contributed by atoms with Crippen LogP contribution in [-0.2, 0) is 0 Å². The number of nitrogens with two attached hydrogens (primary N) is 1. The first-order valence-corrected chi connectivity index (χ1v) is 6.08. The van der Waals surface area contributed by atoms with Gasteiger partial charge in [-0.15, -0.1) is 0 Å². The Labute approximate surface area is 98.5 Å². The highest BCUT2D eigenvalue weighted by molar-refractivity contribution is 5.27. The zero-order valence-corrected chi connectivity index (χ0v) is 10.5. The van der Waals surface area contributed by atoms with E-state index in [4.69, 9.17) is 5.73 Å². The first-order chi connectivity index (χ1) is 7.60. The fourth-order valence-electron chi connectivity index (χ4n) is 1.79. The lowest BCUT2D eigenvalue weighted by molar-refractivity contribution is 0.157. The molecule has 0 saturated carbocycles. The summed E-state index contributed by atoms with van der Waals surface area (Å²) in [6, 6.07) is 8.52. The molecule has 0 aliphatic rings. The highest BCUT2D eigenvalue weighted by Crippen LogP contribution is 2.23. The second-order valence-electron chi connectivity index (χ2n) is 4.57. The van der Waals surface area contributed by atoms with Crippen LogP contribution in [0.15, 0.2) is 24.3 Å². The number of aliphatic hydroxyl groups is 1. The molecule has 0 aliphatic heterocycles. The van der Waals surface area contributed by atoms with Gasteiger partial charge in [-0.3, -0.25) is 0 Å². The first kappa shape index (κ1) is 13.2. The molecule has 0 radical (unpaired) electrons. The minimum absolute atomic E-state index is 0.107. The zero-order chi connectivity index (χ0) is 12.1. The molecular formula is C14H23NO. The van der Waals surface area contributed by atoms with Gasteiger partial charge in [-0.2, -0.15) is 0 Å². The average molecular weight is 221 g/mol. The van der Waals surface area contributed by atoms with Crippen molar-refractivity contribution in [1.29, 1.82) is 0 Å². The molecule has 2 nitrogen and oxygen atoms in total. The third-order valence-corrected chi connectivity index (χ3v) is 3.46. The van der Waals surface area contributed by atoms with E-state index >= 15 is 0 Å². The number of benzene rings is 1. The molecule has 0 aliphatic carbocycles. The largest absolute Gasteiger partial charge is 0.391 e. The molecule has 2 heteroatoms. The molecule has 1 aromatic carbocycles. The van der Waals surface area contributed by atoms with Gasteiger partial charge in [0.05, 0.1) is 6.10 Å². The summed E-state index contributed by atoms with van der Waals surface area (Å²) in [7, 11) is 0. The highest BCUT2D eigenvalue weighted by atomic mass is 16.3. The molecule has 3 unspecified atom stereocenters. The Balaban J connectivity index is 2.78. The van der Waals surface area contributed by atoms with Crippen molar-refractivity contribution < 1.29 is 5.11 Å². The summed E-state index contributed by atoms with van der Waals surface area (Å²) in [4.78, 5) is 0. The molecule has 16 heavy (non-hydrogen) atoms. The molecule has 3 atom stereocenters. The first-order valence-electron chi connectivity index (χ1n) is 6.08. The Hall–Kier alpha value is -0.860. The summed E-state index contributed by atoms with van der Waals surface area (Å²) < 4.78 is 0. The van der Waals surface area contributed by atoms with Gasteiger partial charge in [0, 0.05) is 12.5 Å². The molecule has 0 heterocycles. The van der Waals surface area contributed by atoms with Gasteiger partial charge in [-0.25, -0.2) is 0 Å². The zero-order valence-electron chi connectivity index (χ0n) is 10.5. The second-order valence-corrected chi connectivity index (χ2v) is 4.57. The van der Waals surface area contributed by atoms with E-state index in [1.165, 1.54) is 5.56 Å². The lowest BCUT2D eigenvalue weighted by Crippen LogP contribution is -2.25. The van der Waals surface area contributed by atoms with Crippen LogP contribution in [0, 0.1) is 0 Å². The van der Waals surface area contributed by atoms with Crippen LogP contribution in [0.3, 0.4) is 0 Å². The summed E-state index contributed by atoms with van der Waals surface area (Å²) in [5, 5.41) is 9.68. The van der Waals surface area contributed by atoms with Crippen molar-refractivity contribution in [3.05, 3.63) is 35.4 Å². The maximum Gasteiger partial charge on any atom is 0.0728 e. The SMILES string of the molecule is CCC(C)c1ccc(C(C)C(O)CN)cc1. The van der Waals surface area contributed by atoms with Crippen molar-refractivity contribution in [3.63, 3.8) is 0 Å². The van der Waals surface area contributed by atoms with Gasteiger partial charge in [0.2, 0.25) is 0 Å². The summed E-state index contributed by atoms with van der Waals surface area (Å²) in [6.07, 6.45) is 0.704. The molecular weight excluding hydrogens is 198 g/mol. The molecule has 0 fully saturated rings. The molecule has 3 N–H and O–H groups in total. The highest BCUT2D eigenvalue weighted by Gasteiger charge is 2.14. The van der Waals surface area contributed by atoms with Gasteiger partial charge in [0.1, 0.15) is 0 Å². The molecule has 0 aromatic heterocycles. The smallest absolute Gasteiger partial charge is 0.0728 e. The molecule has 1 aromatic rings. The molecule has 90 valence electrons. The molecule has 0 spiro atoms. The van der Waals surface area contributed by atoms with Crippen LogP contribution in [0.1, 0.15) is 50.2 Å². The third-order valence-electron chi connectivity index (χ3n) is 3.46. The fourth-order valence-corrected chi connectivity index (χ4v) is 1.79. The molecule has 0 saturated heterocycles. The fraction of sp³-hybridized carbons (Fsp3) is 0.571. The van der Waals surface area contributed by atoms with Crippen molar-refractivity contribution in [2.45, 2.75) is 45.1 Å². The van der Waals surface area contributed by atoms with Crippen molar-refractivity contribution in [2.24, 2.45) is 5.73 Å². The Kier molecular flexibility index (Phi) is 4.97. The van der Waals surface area contributed by atoms with Gasteiger partial charge in [-0.1, -0.05) is 45.0 Å². The van der Waals surface area contributed by atoms with Crippen LogP contribution in [0.25, 0.3) is 0 Å². The van der Waals surface area contributed by atoms with Crippen LogP contribution < -0.4 is 5.73 Å². The number of hydrogen-bond donors (Lipinski definition) is 2. The van der Waals surface area contributed by atoms with Gasteiger partial charge < -0.3 is 10.8 Å². The van der Waals surface area contributed by atoms with Crippen molar-refractivity contribution in [1.82, 2.24) is 0 Å². The van der Waals surface area contributed by atoms with E-state index in [9.17, 15) is 5.11 Å². The van der Waals surface area contributed by atoms with Crippen LogP contribution in [0.4, 0.5) is 0 Å². The van der Waals surface area contributed by atoms with Gasteiger partial charge in [0.25, 0.3) is 0 Å². The third kappa shape index (κ3) is 3.06. The van der Waals surface area contributed by atoms with Crippen molar-refractivity contribution in [3.8, 4) is 0 Å². The molecule has 0 bridgehead atoms. The molecule has 1 rings (SSSR count). The van der Waals surface area contributed by atoms with E-state index in [1.54, 1.807) is 0 Å². The second kappa shape index (κ2) is 6.02. The van der Waals surface area contributed by atoms with Crippen LogP contribution in [0.2, 0.25) is 0 Å². The van der Waals surface area contributed by atoms with E-state index in [-0.39, 0.29) is 5.92 Å². The lowest BCUT2D eigenvalue weighted by atomic mass is 9.91. The van der Waals surface area contributed by atoms with Crippen molar-refractivity contribution >= 4 is 0 Å². The van der Waals surface area contributed by atoms with Crippen LogP contribution in [-0.4, -0.2) is 17.8 Å². The predicted molar refractivity (Wildman–Crippen MR) is 68.6 cm³/mol. The minimum atomic E-state index is -0.450. The van der Waals surface area contributed by atoms with E-state index in [0.29, 0.717) is 12.5 Å². The Morgan fingerprint density at radius 3 is 2.06 bits per heavy atom. The monoisotopic (exact) mass is 221 g/mol. The summed E-state index contributed by atoms with van der Waals surface area (Å²) >= 11 is 0.